The van der Waals surface area contributed by atoms with Gasteiger partial charge in [-0.15, -0.1) is 0 Å². The molecular weight excluding hydrogens is 132 g/mol. The third kappa shape index (κ3) is 0.821. The molecule has 5 heteroatoms. The second kappa shape index (κ2) is 2.19. The van der Waals surface area contributed by atoms with Crippen LogP contribution in [0.1, 0.15) is 10.5 Å². The van der Waals surface area contributed by atoms with E-state index in [4.69, 9.17) is 11.0 Å². The van der Waals surface area contributed by atoms with E-state index in [-0.39, 0.29) is 5.69 Å². The SMILES string of the molecule is N#Cn1nccc1C(N)=O. The minimum atomic E-state index is -0.654. The van der Waals surface area contributed by atoms with E-state index in [1.807, 2.05) is 0 Å². The van der Waals surface area contributed by atoms with E-state index in [1.165, 1.54) is 12.3 Å². The van der Waals surface area contributed by atoms with Gasteiger partial charge in [-0.2, -0.15) is 15.0 Å². The van der Waals surface area contributed by atoms with Gasteiger partial charge >= 0.3 is 0 Å². The molecule has 0 saturated carbocycles. The maximum absolute atomic E-state index is 10.5. The Morgan fingerprint density at radius 3 is 3.00 bits per heavy atom. The summed E-state index contributed by atoms with van der Waals surface area (Å²) in [5.41, 5.74) is 4.98. The van der Waals surface area contributed by atoms with Gasteiger partial charge in [0.15, 0.2) is 0 Å². The Labute approximate surface area is 56.7 Å². The van der Waals surface area contributed by atoms with Gasteiger partial charge in [-0.1, -0.05) is 0 Å². The number of carbonyl (C=O) groups excluding carboxylic acids is 1. The highest BCUT2D eigenvalue weighted by Gasteiger charge is 2.05. The summed E-state index contributed by atoms with van der Waals surface area (Å²) in [6, 6.07) is 1.38. The lowest BCUT2D eigenvalue weighted by molar-refractivity contribution is 0.0993. The Kier molecular flexibility index (Phi) is 1.38. The lowest BCUT2D eigenvalue weighted by atomic mass is 10.4. The average Bonchev–Trinajstić information content (AvgIpc) is 2.33. The lowest BCUT2D eigenvalue weighted by Gasteiger charge is -1.88. The quantitative estimate of drug-likeness (QED) is 0.554. The first-order chi connectivity index (χ1) is 4.75. The monoisotopic (exact) mass is 136 g/mol. The standard InChI is InChI=1S/C5H4N4O/c6-3-9-4(5(7)10)1-2-8-9/h1-2H,(H2,7,10). The number of hydrogen-bond donors (Lipinski definition) is 1. The molecule has 0 spiro atoms. The van der Waals surface area contributed by atoms with Crippen molar-refractivity contribution in [2.45, 2.75) is 0 Å². The van der Waals surface area contributed by atoms with Gasteiger partial charge in [0, 0.05) is 0 Å². The zero-order valence-electron chi connectivity index (χ0n) is 4.98. The Hall–Kier alpha value is -1.83. The molecule has 0 aliphatic carbocycles. The molecular formula is C5H4N4O. The second-order valence-electron chi connectivity index (χ2n) is 1.59. The van der Waals surface area contributed by atoms with Gasteiger partial charge in [-0.05, 0) is 6.07 Å². The van der Waals surface area contributed by atoms with Crippen molar-refractivity contribution in [3.05, 3.63) is 18.0 Å². The number of amides is 1. The van der Waals surface area contributed by atoms with Gasteiger partial charge in [0.2, 0.25) is 6.19 Å². The van der Waals surface area contributed by atoms with Crippen molar-refractivity contribution in [3.63, 3.8) is 0 Å². The number of aromatic nitrogens is 2. The summed E-state index contributed by atoms with van der Waals surface area (Å²) < 4.78 is 0.863. The average molecular weight is 136 g/mol. The van der Waals surface area contributed by atoms with Gasteiger partial charge in [0.25, 0.3) is 5.91 Å². The number of primary amides is 1. The molecule has 0 unspecified atom stereocenters. The number of carbonyl (C=O) groups is 1. The lowest BCUT2D eigenvalue weighted by Crippen LogP contribution is -2.15. The summed E-state index contributed by atoms with van der Waals surface area (Å²) >= 11 is 0. The number of nitrogens with zero attached hydrogens (tertiary/aromatic N) is 3. The Bertz CT molecular complexity index is 295. The molecule has 0 aromatic carbocycles. The second-order valence-corrected chi connectivity index (χ2v) is 1.59. The topological polar surface area (TPSA) is 84.7 Å². The molecule has 1 heterocycles. The first-order valence-electron chi connectivity index (χ1n) is 2.49. The van der Waals surface area contributed by atoms with Crippen LogP contribution in [0.5, 0.6) is 0 Å². The fraction of sp³-hybridized carbons (Fsp3) is 0. The highest BCUT2D eigenvalue weighted by atomic mass is 16.1. The summed E-state index contributed by atoms with van der Waals surface area (Å²) in [4.78, 5) is 10.5. The summed E-state index contributed by atoms with van der Waals surface area (Å²) in [6.45, 7) is 0. The summed E-state index contributed by atoms with van der Waals surface area (Å²) in [6.07, 6.45) is 3.00. The first-order valence-corrected chi connectivity index (χ1v) is 2.49. The van der Waals surface area contributed by atoms with Crippen LogP contribution < -0.4 is 5.73 Å². The van der Waals surface area contributed by atoms with Crippen LogP contribution in [0.15, 0.2) is 12.3 Å². The molecule has 1 aromatic rings. The highest BCUT2D eigenvalue weighted by molar-refractivity contribution is 5.91. The predicted molar refractivity (Wildman–Crippen MR) is 31.8 cm³/mol. The van der Waals surface area contributed by atoms with Crippen LogP contribution >= 0.6 is 0 Å². The fourth-order valence-electron chi connectivity index (χ4n) is 0.570. The van der Waals surface area contributed by atoms with Crippen molar-refractivity contribution in [2.24, 2.45) is 5.73 Å². The third-order valence-corrected chi connectivity index (χ3v) is 0.990. The van der Waals surface area contributed by atoms with Crippen LogP contribution in [0.4, 0.5) is 0 Å². The van der Waals surface area contributed by atoms with Crippen LogP contribution in [0.3, 0.4) is 0 Å². The van der Waals surface area contributed by atoms with Crippen molar-refractivity contribution >= 4 is 5.91 Å². The zero-order valence-corrected chi connectivity index (χ0v) is 4.98. The van der Waals surface area contributed by atoms with Crippen LogP contribution in [0.25, 0.3) is 0 Å². The smallest absolute Gasteiger partial charge is 0.268 e. The Morgan fingerprint density at radius 2 is 2.60 bits per heavy atom. The highest BCUT2D eigenvalue weighted by Crippen LogP contribution is 1.93. The van der Waals surface area contributed by atoms with Gasteiger partial charge in [-0.3, -0.25) is 4.79 Å². The van der Waals surface area contributed by atoms with Crippen molar-refractivity contribution < 1.29 is 4.79 Å². The number of hydrogen-bond acceptors (Lipinski definition) is 3. The molecule has 0 radical (unpaired) electrons. The van der Waals surface area contributed by atoms with E-state index in [9.17, 15) is 4.79 Å². The van der Waals surface area contributed by atoms with Crippen LogP contribution in [-0.4, -0.2) is 15.7 Å². The van der Waals surface area contributed by atoms with Gasteiger partial charge in [0.05, 0.1) is 6.20 Å². The molecule has 0 atom stereocenters. The summed E-state index contributed by atoms with van der Waals surface area (Å²) in [5.74, 6) is -0.654. The maximum Gasteiger partial charge on any atom is 0.268 e. The minimum absolute atomic E-state index is 0.0995. The third-order valence-electron chi connectivity index (χ3n) is 0.990. The van der Waals surface area contributed by atoms with Crippen LogP contribution in [0.2, 0.25) is 0 Å². The van der Waals surface area contributed by atoms with E-state index in [0.29, 0.717) is 0 Å². The van der Waals surface area contributed by atoms with Crippen molar-refractivity contribution in [1.82, 2.24) is 9.78 Å². The largest absolute Gasteiger partial charge is 0.364 e. The molecule has 0 fully saturated rings. The molecule has 5 nitrogen and oxygen atoms in total. The molecule has 1 aromatic heterocycles. The maximum atomic E-state index is 10.5. The predicted octanol–water partition coefficient (Wildman–Crippen LogP) is -0.689. The van der Waals surface area contributed by atoms with E-state index < -0.39 is 5.91 Å². The normalized spacial score (nSPS) is 8.70. The summed E-state index contributed by atoms with van der Waals surface area (Å²) in [5, 5.41) is 11.8. The molecule has 50 valence electrons. The summed E-state index contributed by atoms with van der Waals surface area (Å²) in [7, 11) is 0. The van der Waals surface area contributed by atoms with Gasteiger partial charge in [0.1, 0.15) is 5.69 Å². The molecule has 0 saturated heterocycles. The number of rotatable bonds is 1. The number of nitrogens with two attached hydrogens (primary N) is 1. The molecule has 0 bridgehead atoms. The van der Waals surface area contributed by atoms with Gasteiger partial charge < -0.3 is 5.73 Å². The van der Waals surface area contributed by atoms with E-state index in [2.05, 4.69) is 5.10 Å². The molecule has 1 amide bonds. The molecule has 10 heavy (non-hydrogen) atoms. The molecule has 0 aliphatic rings. The Morgan fingerprint density at radius 1 is 1.90 bits per heavy atom. The van der Waals surface area contributed by atoms with Gasteiger partial charge in [-0.25, -0.2) is 0 Å². The number of nitriles is 1. The van der Waals surface area contributed by atoms with Crippen LogP contribution in [-0.2, 0) is 0 Å². The first kappa shape index (κ1) is 6.29. The van der Waals surface area contributed by atoms with E-state index >= 15 is 0 Å². The minimum Gasteiger partial charge on any atom is -0.364 e. The van der Waals surface area contributed by atoms with Crippen LogP contribution in [0, 0.1) is 11.5 Å². The molecule has 2 N–H and O–H groups in total. The Balaban J connectivity index is 3.17. The van der Waals surface area contributed by atoms with Crippen molar-refractivity contribution in [3.8, 4) is 6.19 Å². The zero-order chi connectivity index (χ0) is 7.56. The molecule has 0 aliphatic heterocycles. The molecule has 1 rings (SSSR count). The van der Waals surface area contributed by atoms with Crippen molar-refractivity contribution in [1.29, 1.82) is 5.26 Å². The van der Waals surface area contributed by atoms with E-state index in [0.717, 1.165) is 4.68 Å². The van der Waals surface area contributed by atoms with Crippen molar-refractivity contribution in [2.75, 3.05) is 0 Å². The fourth-order valence-corrected chi connectivity index (χ4v) is 0.570. The van der Waals surface area contributed by atoms with E-state index in [1.54, 1.807) is 6.19 Å².